The Morgan fingerprint density at radius 2 is 1.55 bits per heavy atom. The van der Waals surface area contributed by atoms with E-state index in [0.717, 1.165) is 47.4 Å². The number of nitrogens with zero attached hydrogens (tertiary/aromatic N) is 3. The molecule has 0 aliphatic carbocycles. The highest BCUT2D eigenvalue weighted by Crippen LogP contribution is 2.54. The van der Waals surface area contributed by atoms with Gasteiger partial charge in [-0.3, -0.25) is 23.7 Å². The molecule has 12 heteroatoms. The molecular formula is C35H34N4O6S2. The second kappa shape index (κ2) is 13.6. The number of anilines is 3. The molecule has 3 aromatic carbocycles. The first-order valence-electron chi connectivity index (χ1n) is 15.5. The number of fused-ring (bicyclic) bond motifs is 2. The lowest BCUT2D eigenvalue weighted by Gasteiger charge is -2.31. The minimum atomic E-state index is -0.829. The number of imide groups is 1. The molecule has 10 nitrogen and oxygen atoms in total. The SMILES string of the molecule is CCOC(=O)c1ccc(N2C(=O)C3Sc4c(sc(=O)n4CC(=O)Nc4ccccc4)[C@H](c4ccc(N(CC)CC)cc4)C3C2=O)cc1. The summed E-state index contributed by atoms with van der Waals surface area (Å²) < 4.78 is 6.48. The van der Waals surface area contributed by atoms with Crippen molar-refractivity contribution in [3.05, 3.63) is 105 Å². The van der Waals surface area contributed by atoms with Crippen molar-refractivity contribution >= 4 is 63.9 Å². The van der Waals surface area contributed by atoms with Crippen LogP contribution in [-0.2, 0) is 25.7 Å². The molecule has 1 saturated heterocycles. The molecule has 1 N–H and O–H groups in total. The summed E-state index contributed by atoms with van der Waals surface area (Å²) in [4.78, 5) is 70.8. The summed E-state index contributed by atoms with van der Waals surface area (Å²) in [5, 5.41) is 2.51. The predicted molar refractivity (Wildman–Crippen MR) is 184 cm³/mol. The minimum Gasteiger partial charge on any atom is -0.462 e. The van der Waals surface area contributed by atoms with Gasteiger partial charge in [-0.1, -0.05) is 53.4 Å². The van der Waals surface area contributed by atoms with Crippen LogP contribution in [0.3, 0.4) is 0 Å². The van der Waals surface area contributed by atoms with Crippen LogP contribution < -0.4 is 20.0 Å². The summed E-state index contributed by atoms with van der Waals surface area (Å²) in [7, 11) is 0. The van der Waals surface area contributed by atoms with Gasteiger partial charge in [0.05, 0.1) is 28.8 Å². The number of rotatable bonds is 10. The lowest BCUT2D eigenvalue weighted by atomic mass is 9.83. The van der Waals surface area contributed by atoms with E-state index < -0.39 is 29.0 Å². The molecule has 2 unspecified atom stereocenters. The van der Waals surface area contributed by atoms with Crippen molar-refractivity contribution < 1.29 is 23.9 Å². The Morgan fingerprint density at radius 1 is 0.872 bits per heavy atom. The maximum atomic E-state index is 14.3. The maximum Gasteiger partial charge on any atom is 0.338 e. The average Bonchev–Trinajstić information content (AvgIpc) is 3.52. The molecule has 47 heavy (non-hydrogen) atoms. The lowest BCUT2D eigenvalue weighted by molar-refractivity contribution is -0.122. The zero-order valence-corrected chi connectivity index (χ0v) is 27.8. The van der Waals surface area contributed by atoms with Crippen molar-refractivity contribution in [2.45, 2.75) is 43.5 Å². The van der Waals surface area contributed by atoms with Crippen molar-refractivity contribution in [1.82, 2.24) is 4.57 Å². The van der Waals surface area contributed by atoms with Gasteiger partial charge in [-0.05, 0) is 74.9 Å². The van der Waals surface area contributed by atoms with Crippen LogP contribution in [0.15, 0.2) is 88.7 Å². The summed E-state index contributed by atoms with van der Waals surface area (Å²) in [6, 6.07) is 23.1. The van der Waals surface area contributed by atoms with Crippen LogP contribution in [0, 0.1) is 5.92 Å². The van der Waals surface area contributed by atoms with Gasteiger partial charge in [0.1, 0.15) is 11.8 Å². The number of ether oxygens (including phenoxy) is 1. The molecule has 242 valence electrons. The van der Waals surface area contributed by atoms with Gasteiger partial charge in [0.15, 0.2) is 0 Å². The molecule has 3 atom stereocenters. The molecular weight excluding hydrogens is 637 g/mol. The second-order valence-corrected chi connectivity index (χ2v) is 13.2. The van der Waals surface area contributed by atoms with Crippen LogP contribution >= 0.6 is 23.1 Å². The third-order valence-corrected chi connectivity index (χ3v) is 11.0. The quantitative estimate of drug-likeness (QED) is 0.177. The Kier molecular flexibility index (Phi) is 9.33. The predicted octanol–water partition coefficient (Wildman–Crippen LogP) is 5.37. The fourth-order valence-corrected chi connectivity index (χ4v) is 8.95. The number of thiazole rings is 1. The van der Waals surface area contributed by atoms with E-state index in [9.17, 15) is 24.0 Å². The van der Waals surface area contributed by atoms with Crippen LogP contribution in [0.5, 0.6) is 0 Å². The van der Waals surface area contributed by atoms with E-state index in [4.69, 9.17) is 4.74 Å². The molecule has 4 aromatic rings. The number of thioether (sulfide) groups is 1. The molecule has 2 aliphatic heterocycles. The van der Waals surface area contributed by atoms with Crippen LogP contribution in [0.2, 0.25) is 0 Å². The number of aromatic nitrogens is 1. The van der Waals surface area contributed by atoms with E-state index in [1.165, 1.54) is 21.6 Å². The first-order chi connectivity index (χ1) is 22.7. The zero-order valence-electron chi connectivity index (χ0n) is 26.2. The summed E-state index contributed by atoms with van der Waals surface area (Å²) in [6.45, 7) is 7.53. The van der Waals surface area contributed by atoms with Crippen molar-refractivity contribution in [1.29, 1.82) is 0 Å². The van der Waals surface area contributed by atoms with Gasteiger partial charge < -0.3 is 15.0 Å². The third-order valence-electron chi connectivity index (χ3n) is 8.43. The molecule has 1 fully saturated rings. The monoisotopic (exact) mass is 670 g/mol. The Bertz CT molecular complexity index is 1870. The van der Waals surface area contributed by atoms with Crippen LogP contribution in [0.1, 0.15) is 47.5 Å². The summed E-state index contributed by atoms with van der Waals surface area (Å²) in [5.74, 6) is -3.03. The lowest BCUT2D eigenvalue weighted by Crippen LogP contribution is -2.33. The highest BCUT2D eigenvalue weighted by atomic mass is 32.2. The van der Waals surface area contributed by atoms with Crippen LogP contribution in [0.4, 0.5) is 17.1 Å². The Labute approximate surface area is 280 Å². The van der Waals surface area contributed by atoms with E-state index in [0.29, 0.717) is 26.8 Å². The Morgan fingerprint density at radius 3 is 2.19 bits per heavy atom. The zero-order chi connectivity index (χ0) is 33.2. The number of nitrogens with one attached hydrogen (secondary N) is 1. The number of carbonyl (C=O) groups excluding carboxylic acids is 4. The first-order valence-corrected chi connectivity index (χ1v) is 17.2. The molecule has 6 rings (SSSR count). The molecule has 0 radical (unpaired) electrons. The fraction of sp³-hybridized carbons (Fsp3) is 0.286. The largest absolute Gasteiger partial charge is 0.462 e. The second-order valence-electron chi connectivity index (χ2n) is 11.1. The molecule has 3 heterocycles. The number of benzene rings is 3. The molecule has 0 saturated carbocycles. The third kappa shape index (κ3) is 6.10. The number of hydrogen-bond donors (Lipinski definition) is 1. The van der Waals surface area contributed by atoms with Gasteiger partial charge in [-0.15, -0.1) is 0 Å². The number of para-hydroxylation sites is 1. The minimum absolute atomic E-state index is 0.227. The van der Waals surface area contributed by atoms with Gasteiger partial charge in [-0.25, -0.2) is 9.69 Å². The van der Waals surface area contributed by atoms with Crippen molar-refractivity contribution in [3.8, 4) is 0 Å². The smallest absolute Gasteiger partial charge is 0.338 e. The molecule has 0 bridgehead atoms. The standard InChI is InChI=1S/C35H34N4O6S2/c1-4-37(5-2)24-16-12-21(13-17-24)27-28-29(32(42)39(31(28)41)25-18-14-22(15-19-25)34(43)45-6-3)46-33-30(27)47-35(44)38(33)20-26(40)36-23-10-8-7-9-11-23/h7-19,27-29H,4-6,20H2,1-3H3,(H,36,40)/t27-,28?,29?/m1/s1. The van der Waals surface area contributed by atoms with E-state index in [2.05, 4.69) is 24.1 Å². The van der Waals surface area contributed by atoms with Gasteiger partial charge in [-0.2, -0.15) is 0 Å². The number of carbonyl (C=O) groups is 4. The number of esters is 1. The Hall–Kier alpha value is -4.68. The number of hydrogen-bond acceptors (Lipinski definition) is 9. The maximum absolute atomic E-state index is 14.3. The fourth-order valence-electron chi connectivity index (χ4n) is 6.18. The summed E-state index contributed by atoms with van der Waals surface area (Å²) in [5.41, 5.74) is 3.10. The molecule has 0 spiro atoms. The summed E-state index contributed by atoms with van der Waals surface area (Å²) in [6.07, 6.45) is 0. The van der Waals surface area contributed by atoms with Crippen LogP contribution in [0.25, 0.3) is 0 Å². The van der Waals surface area contributed by atoms with Crippen LogP contribution in [-0.4, -0.2) is 53.2 Å². The normalized spacial score (nSPS) is 18.4. The van der Waals surface area contributed by atoms with Gasteiger partial charge in [0.2, 0.25) is 17.7 Å². The number of amides is 3. The van der Waals surface area contributed by atoms with Crippen molar-refractivity contribution in [2.24, 2.45) is 5.92 Å². The highest BCUT2D eigenvalue weighted by Gasteiger charge is 2.56. The summed E-state index contributed by atoms with van der Waals surface area (Å²) >= 11 is 2.17. The van der Waals surface area contributed by atoms with E-state index in [1.807, 2.05) is 30.3 Å². The van der Waals surface area contributed by atoms with Crippen molar-refractivity contribution in [3.63, 3.8) is 0 Å². The van der Waals surface area contributed by atoms with Gasteiger partial charge >= 0.3 is 10.8 Å². The van der Waals surface area contributed by atoms with E-state index in [-0.39, 0.29) is 29.8 Å². The Balaban J connectivity index is 1.39. The van der Waals surface area contributed by atoms with E-state index >= 15 is 0 Å². The topological polar surface area (TPSA) is 118 Å². The molecule has 1 aromatic heterocycles. The molecule has 2 aliphatic rings. The molecule has 3 amide bonds. The van der Waals surface area contributed by atoms with Gasteiger partial charge in [0, 0.05) is 35.3 Å². The van der Waals surface area contributed by atoms with Crippen molar-refractivity contribution in [2.75, 3.05) is 34.8 Å². The average molecular weight is 671 g/mol. The first kappa shape index (κ1) is 32.3. The van der Waals surface area contributed by atoms with E-state index in [1.54, 1.807) is 43.3 Å². The van der Waals surface area contributed by atoms with Gasteiger partial charge in [0.25, 0.3) is 0 Å². The highest BCUT2D eigenvalue weighted by molar-refractivity contribution is 8.00.